The first-order chi connectivity index (χ1) is 9.73. The Morgan fingerprint density at radius 2 is 1.86 bits per heavy atom. The molecule has 21 heavy (non-hydrogen) atoms. The van der Waals surface area contributed by atoms with Gasteiger partial charge >= 0.3 is 6.18 Å². The molecule has 3 nitrogen and oxygen atoms in total. The molecule has 0 saturated carbocycles. The Labute approximate surface area is 118 Å². The average Bonchev–Trinajstić information content (AvgIpc) is 2.37. The van der Waals surface area contributed by atoms with Gasteiger partial charge < -0.3 is 11.5 Å². The van der Waals surface area contributed by atoms with E-state index >= 15 is 0 Å². The zero-order valence-electron chi connectivity index (χ0n) is 11.1. The molecule has 112 valence electrons. The molecule has 1 aromatic carbocycles. The molecule has 0 aliphatic rings. The second-order valence-corrected chi connectivity index (χ2v) is 4.61. The van der Waals surface area contributed by atoms with E-state index in [4.69, 9.17) is 11.5 Å². The maximum atomic E-state index is 14.1. The molecule has 4 N–H and O–H groups in total. The summed E-state index contributed by atoms with van der Waals surface area (Å²) >= 11 is 0. The Bertz CT molecular complexity index is 648. The third-order valence-electron chi connectivity index (χ3n) is 3.22. The minimum Gasteiger partial charge on any atom is -0.383 e. The summed E-state index contributed by atoms with van der Waals surface area (Å²) in [6.45, 7) is 1.68. The fraction of sp³-hybridized carbons (Fsp3) is 0.214. The molecular formula is C14H13F4N3. The number of hydrogen-bond acceptors (Lipinski definition) is 3. The number of pyridine rings is 1. The van der Waals surface area contributed by atoms with Crippen LogP contribution in [0.25, 0.3) is 0 Å². The van der Waals surface area contributed by atoms with Crippen molar-refractivity contribution in [2.45, 2.75) is 19.1 Å². The Kier molecular flexibility index (Phi) is 3.87. The van der Waals surface area contributed by atoms with Crippen molar-refractivity contribution >= 4 is 5.82 Å². The van der Waals surface area contributed by atoms with Crippen LogP contribution >= 0.6 is 0 Å². The molecule has 0 spiro atoms. The molecule has 1 atom stereocenters. The predicted molar refractivity (Wildman–Crippen MR) is 70.8 cm³/mol. The number of nitrogens with zero attached hydrogens (tertiary/aromatic N) is 1. The van der Waals surface area contributed by atoms with E-state index in [0.29, 0.717) is 17.2 Å². The predicted octanol–water partition coefficient (Wildman–Crippen LogP) is 3.18. The number of nitrogen functional groups attached to an aromatic ring is 1. The zero-order valence-corrected chi connectivity index (χ0v) is 11.1. The molecule has 0 fully saturated rings. The lowest BCUT2D eigenvalue weighted by molar-refractivity contribution is -0.140. The minimum atomic E-state index is -4.78. The molecule has 2 rings (SSSR count). The van der Waals surface area contributed by atoms with Crippen molar-refractivity contribution < 1.29 is 17.6 Å². The second-order valence-electron chi connectivity index (χ2n) is 4.61. The summed E-state index contributed by atoms with van der Waals surface area (Å²) < 4.78 is 52.3. The standard InChI is InChI=1S/C14H13F4N3/c1-7-5-6-21-13(20)10(7)12(19)8-3-2-4-9(11(8)15)14(16,17)18/h2-6,12H,19H2,1H3,(H2,20,21). The number of alkyl halides is 3. The van der Waals surface area contributed by atoms with Crippen LogP contribution in [0.15, 0.2) is 30.5 Å². The highest BCUT2D eigenvalue weighted by Crippen LogP contribution is 2.35. The van der Waals surface area contributed by atoms with Gasteiger partial charge in [-0.15, -0.1) is 0 Å². The maximum Gasteiger partial charge on any atom is 0.419 e. The lowest BCUT2D eigenvalue weighted by Crippen LogP contribution is -2.19. The number of hydrogen-bond donors (Lipinski definition) is 2. The number of halogens is 4. The summed E-state index contributed by atoms with van der Waals surface area (Å²) in [5.41, 5.74) is 10.9. The van der Waals surface area contributed by atoms with Crippen molar-refractivity contribution in [2.24, 2.45) is 5.73 Å². The van der Waals surface area contributed by atoms with E-state index in [1.54, 1.807) is 13.0 Å². The van der Waals surface area contributed by atoms with E-state index < -0.39 is 23.6 Å². The number of rotatable bonds is 2. The lowest BCUT2D eigenvalue weighted by Gasteiger charge is -2.19. The van der Waals surface area contributed by atoms with E-state index in [2.05, 4.69) is 4.98 Å². The maximum absolute atomic E-state index is 14.1. The van der Waals surface area contributed by atoms with Crippen LogP contribution in [0.3, 0.4) is 0 Å². The average molecular weight is 299 g/mol. The normalized spacial score (nSPS) is 13.2. The van der Waals surface area contributed by atoms with E-state index in [1.165, 1.54) is 12.3 Å². The van der Waals surface area contributed by atoms with Crippen molar-refractivity contribution in [3.05, 3.63) is 58.5 Å². The second kappa shape index (κ2) is 5.33. The number of aromatic nitrogens is 1. The SMILES string of the molecule is Cc1ccnc(N)c1C(N)c1cccc(C(F)(F)F)c1F. The fourth-order valence-electron chi connectivity index (χ4n) is 2.16. The molecule has 0 aliphatic carbocycles. The van der Waals surface area contributed by atoms with Gasteiger partial charge in [0.2, 0.25) is 0 Å². The molecule has 0 aliphatic heterocycles. The summed E-state index contributed by atoms with van der Waals surface area (Å²) in [6.07, 6.45) is -3.33. The van der Waals surface area contributed by atoms with Crippen molar-refractivity contribution in [2.75, 3.05) is 5.73 Å². The smallest absolute Gasteiger partial charge is 0.383 e. The van der Waals surface area contributed by atoms with Crippen LogP contribution in [0.5, 0.6) is 0 Å². The van der Waals surface area contributed by atoms with Crippen molar-refractivity contribution in [3.63, 3.8) is 0 Å². The third kappa shape index (κ3) is 2.82. The molecule has 1 unspecified atom stereocenters. The zero-order chi connectivity index (χ0) is 15.8. The van der Waals surface area contributed by atoms with E-state index in [1.807, 2.05) is 0 Å². The summed E-state index contributed by atoms with van der Waals surface area (Å²) in [6, 6.07) is 3.48. The Morgan fingerprint density at radius 3 is 2.43 bits per heavy atom. The number of anilines is 1. The summed E-state index contributed by atoms with van der Waals surface area (Å²) in [5.74, 6) is -1.32. The monoisotopic (exact) mass is 299 g/mol. The molecule has 0 radical (unpaired) electrons. The highest BCUT2D eigenvalue weighted by Gasteiger charge is 2.35. The van der Waals surface area contributed by atoms with E-state index in [0.717, 1.165) is 6.07 Å². The largest absolute Gasteiger partial charge is 0.419 e. The van der Waals surface area contributed by atoms with E-state index in [-0.39, 0.29) is 11.4 Å². The van der Waals surface area contributed by atoms with Crippen LogP contribution < -0.4 is 11.5 Å². The molecule has 0 saturated heterocycles. The Hall–Kier alpha value is -2.15. The topological polar surface area (TPSA) is 64.9 Å². The van der Waals surface area contributed by atoms with Gasteiger partial charge in [0.15, 0.2) is 0 Å². The lowest BCUT2D eigenvalue weighted by atomic mass is 9.94. The molecule has 1 heterocycles. The molecular weight excluding hydrogens is 286 g/mol. The van der Waals surface area contributed by atoms with Gasteiger partial charge in [-0.05, 0) is 24.6 Å². The molecule has 1 aromatic heterocycles. The quantitative estimate of drug-likeness (QED) is 0.837. The van der Waals surface area contributed by atoms with Gasteiger partial charge in [-0.25, -0.2) is 9.37 Å². The van der Waals surface area contributed by atoms with Crippen molar-refractivity contribution in [1.29, 1.82) is 0 Å². The van der Waals surface area contributed by atoms with Crippen LogP contribution in [0.2, 0.25) is 0 Å². The first-order valence-electron chi connectivity index (χ1n) is 6.05. The minimum absolute atomic E-state index is 0.0688. The van der Waals surface area contributed by atoms with Crippen LogP contribution in [0, 0.1) is 12.7 Å². The Balaban J connectivity index is 2.57. The van der Waals surface area contributed by atoms with E-state index in [9.17, 15) is 17.6 Å². The highest BCUT2D eigenvalue weighted by molar-refractivity contribution is 5.50. The van der Waals surface area contributed by atoms with Gasteiger partial charge in [-0.3, -0.25) is 0 Å². The van der Waals surface area contributed by atoms with Crippen molar-refractivity contribution in [3.8, 4) is 0 Å². The molecule has 2 aromatic rings. The number of nitrogens with two attached hydrogens (primary N) is 2. The number of benzene rings is 1. The number of aryl methyl sites for hydroxylation is 1. The summed E-state index contributed by atoms with van der Waals surface area (Å²) in [7, 11) is 0. The highest BCUT2D eigenvalue weighted by atomic mass is 19.4. The summed E-state index contributed by atoms with van der Waals surface area (Å²) in [5, 5.41) is 0. The van der Waals surface area contributed by atoms with Crippen LogP contribution in [-0.2, 0) is 6.18 Å². The first kappa shape index (κ1) is 15.2. The Morgan fingerprint density at radius 1 is 1.19 bits per heavy atom. The van der Waals surface area contributed by atoms with Crippen LogP contribution in [0.1, 0.15) is 28.3 Å². The fourth-order valence-corrected chi connectivity index (χ4v) is 2.16. The van der Waals surface area contributed by atoms with Crippen LogP contribution in [0.4, 0.5) is 23.4 Å². The van der Waals surface area contributed by atoms with Gasteiger partial charge in [0.05, 0.1) is 11.6 Å². The van der Waals surface area contributed by atoms with Gasteiger partial charge in [0.1, 0.15) is 11.6 Å². The van der Waals surface area contributed by atoms with Crippen molar-refractivity contribution in [1.82, 2.24) is 4.98 Å². The van der Waals surface area contributed by atoms with Gasteiger partial charge in [0.25, 0.3) is 0 Å². The van der Waals surface area contributed by atoms with Gasteiger partial charge in [-0.2, -0.15) is 13.2 Å². The molecule has 7 heteroatoms. The summed E-state index contributed by atoms with van der Waals surface area (Å²) in [4.78, 5) is 3.84. The molecule has 0 bridgehead atoms. The third-order valence-corrected chi connectivity index (χ3v) is 3.22. The van der Waals surface area contributed by atoms with Gasteiger partial charge in [0, 0.05) is 17.3 Å². The first-order valence-corrected chi connectivity index (χ1v) is 6.05. The molecule has 0 amide bonds. The van der Waals surface area contributed by atoms with Crippen LogP contribution in [-0.4, -0.2) is 4.98 Å². The van der Waals surface area contributed by atoms with Gasteiger partial charge in [-0.1, -0.05) is 12.1 Å².